The zero-order chi connectivity index (χ0) is 16.4. The van der Waals surface area contributed by atoms with E-state index in [4.69, 9.17) is 0 Å². The van der Waals surface area contributed by atoms with Crippen LogP contribution >= 0.6 is 0 Å². The molecule has 4 rings (SSSR count). The first-order valence-corrected chi connectivity index (χ1v) is 7.79. The van der Waals surface area contributed by atoms with Gasteiger partial charge in [-0.2, -0.15) is 0 Å². The lowest BCUT2D eigenvalue weighted by Gasteiger charge is -2.11. The van der Waals surface area contributed by atoms with Gasteiger partial charge in [-0.25, -0.2) is 9.82 Å². The van der Waals surface area contributed by atoms with Gasteiger partial charge in [-0.15, -0.1) is 0 Å². The number of benzene rings is 2. The van der Waals surface area contributed by atoms with Gasteiger partial charge < -0.3 is 5.43 Å². The zero-order valence-electron chi connectivity index (χ0n) is 12.9. The van der Waals surface area contributed by atoms with E-state index in [1.54, 1.807) is 12.4 Å². The molecule has 2 aromatic carbocycles. The van der Waals surface area contributed by atoms with Crippen LogP contribution in [0.15, 0.2) is 67.0 Å². The molecule has 1 aliphatic heterocycles. The highest BCUT2D eigenvalue weighted by Gasteiger charge is 2.23. The molecule has 0 fully saturated rings. The van der Waals surface area contributed by atoms with Gasteiger partial charge in [0.15, 0.2) is 0 Å². The van der Waals surface area contributed by atoms with E-state index in [1.165, 1.54) is 12.1 Å². The van der Waals surface area contributed by atoms with Gasteiger partial charge in [0.05, 0.1) is 11.7 Å². The number of nitrogens with one attached hydrogen (secondary N) is 2. The number of hydrogen-bond donors (Lipinski definition) is 2. The van der Waals surface area contributed by atoms with Crippen LogP contribution in [0.1, 0.15) is 28.3 Å². The van der Waals surface area contributed by atoms with Crippen LogP contribution in [0.3, 0.4) is 0 Å². The molecule has 0 aliphatic carbocycles. The summed E-state index contributed by atoms with van der Waals surface area (Å²) < 4.78 is 13.1. The number of hydrogen-bond acceptors (Lipinski definition) is 3. The fourth-order valence-corrected chi connectivity index (χ4v) is 2.85. The molecular formula is C20H16FN3. The van der Waals surface area contributed by atoms with Gasteiger partial charge in [0, 0.05) is 18.0 Å². The Morgan fingerprint density at radius 2 is 1.62 bits per heavy atom. The maximum absolute atomic E-state index is 13.1. The van der Waals surface area contributed by atoms with E-state index in [9.17, 15) is 4.39 Å². The van der Waals surface area contributed by atoms with Crippen LogP contribution in [-0.4, -0.2) is 4.98 Å². The number of anilines is 1. The molecule has 24 heavy (non-hydrogen) atoms. The molecule has 3 aromatic rings. The summed E-state index contributed by atoms with van der Waals surface area (Å²) >= 11 is 0. The van der Waals surface area contributed by atoms with E-state index < -0.39 is 0 Å². The van der Waals surface area contributed by atoms with Crippen molar-refractivity contribution in [2.45, 2.75) is 6.04 Å². The maximum Gasteiger partial charge on any atom is 0.123 e. The Bertz CT molecular complexity index is 873. The van der Waals surface area contributed by atoms with Gasteiger partial charge in [0.1, 0.15) is 5.82 Å². The molecule has 1 atom stereocenters. The zero-order valence-corrected chi connectivity index (χ0v) is 12.9. The number of nitrogens with zero attached hydrogens (tertiary/aromatic N) is 1. The molecule has 2 N–H and O–H groups in total. The molecular weight excluding hydrogens is 301 g/mol. The van der Waals surface area contributed by atoms with Gasteiger partial charge in [-0.3, -0.25) is 4.98 Å². The molecule has 118 valence electrons. The molecule has 0 spiro atoms. The minimum atomic E-state index is -0.223. The van der Waals surface area contributed by atoms with E-state index in [0.29, 0.717) is 0 Å². The van der Waals surface area contributed by atoms with Gasteiger partial charge >= 0.3 is 0 Å². The van der Waals surface area contributed by atoms with Crippen molar-refractivity contribution in [3.63, 3.8) is 0 Å². The lowest BCUT2D eigenvalue weighted by atomic mass is 9.97. The van der Waals surface area contributed by atoms with E-state index in [0.717, 1.165) is 27.9 Å². The molecule has 1 aromatic heterocycles. The van der Waals surface area contributed by atoms with E-state index in [1.807, 2.05) is 24.3 Å². The average Bonchev–Trinajstić information content (AvgIpc) is 3.05. The van der Waals surface area contributed by atoms with Gasteiger partial charge in [-0.1, -0.05) is 30.4 Å². The monoisotopic (exact) mass is 317 g/mol. The lowest BCUT2D eigenvalue weighted by molar-refractivity contribution is 0.625. The summed E-state index contributed by atoms with van der Waals surface area (Å²) in [5.41, 5.74) is 11.9. The number of fused-ring (bicyclic) bond motifs is 1. The van der Waals surface area contributed by atoms with Crippen molar-refractivity contribution in [2.24, 2.45) is 0 Å². The quantitative estimate of drug-likeness (QED) is 0.751. The molecule has 4 heteroatoms. The van der Waals surface area contributed by atoms with Crippen LogP contribution in [0.5, 0.6) is 0 Å². The summed E-state index contributed by atoms with van der Waals surface area (Å²) in [6, 6.07) is 16.8. The second-order valence-electron chi connectivity index (χ2n) is 5.71. The van der Waals surface area contributed by atoms with Gasteiger partial charge in [0.25, 0.3) is 0 Å². The largest absolute Gasteiger partial charge is 0.320 e. The molecule has 0 saturated carbocycles. The van der Waals surface area contributed by atoms with Gasteiger partial charge in [0.2, 0.25) is 0 Å². The van der Waals surface area contributed by atoms with Crippen molar-refractivity contribution < 1.29 is 4.39 Å². The van der Waals surface area contributed by atoms with Crippen molar-refractivity contribution in [3.05, 3.63) is 95.1 Å². The Balaban J connectivity index is 1.63. The smallest absolute Gasteiger partial charge is 0.123 e. The summed E-state index contributed by atoms with van der Waals surface area (Å²) in [6.45, 7) is 0. The van der Waals surface area contributed by atoms with Crippen LogP contribution in [0, 0.1) is 5.82 Å². The van der Waals surface area contributed by atoms with Crippen LogP contribution in [0.4, 0.5) is 10.1 Å². The number of aromatic nitrogens is 1. The topological polar surface area (TPSA) is 37.0 Å². The van der Waals surface area contributed by atoms with E-state index in [-0.39, 0.29) is 11.9 Å². The van der Waals surface area contributed by atoms with E-state index >= 15 is 0 Å². The van der Waals surface area contributed by atoms with Crippen LogP contribution in [-0.2, 0) is 0 Å². The van der Waals surface area contributed by atoms with Crippen molar-refractivity contribution in [1.82, 2.24) is 10.4 Å². The third-order valence-electron chi connectivity index (χ3n) is 4.12. The Morgan fingerprint density at radius 3 is 2.42 bits per heavy atom. The minimum absolute atomic E-state index is 0.00914. The highest BCUT2D eigenvalue weighted by Crippen LogP contribution is 2.34. The molecule has 1 unspecified atom stereocenters. The first-order chi connectivity index (χ1) is 11.8. The first kappa shape index (κ1) is 14.6. The average molecular weight is 317 g/mol. The fourth-order valence-electron chi connectivity index (χ4n) is 2.85. The Morgan fingerprint density at radius 1 is 0.875 bits per heavy atom. The number of pyridine rings is 1. The second-order valence-corrected chi connectivity index (χ2v) is 5.71. The molecule has 0 saturated heterocycles. The molecule has 0 radical (unpaired) electrons. The van der Waals surface area contributed by atoms with Crippen LogP contribution in [0.2, 0.25) is 0 Å². The van der Waals surface area contributed by atoms with Crippen LogP contribution in [0.25, 0.3) is 12.2 Å². The first-order valence-electron chi connectivity index (χ1n) is 7.79. The summed E-state index contributed by atoms with van der Waals surface area (Å²) in [7, 11) is 0. The molecule has 3 nitrogen and oxygen atoms in total. The van der Waals surface area contributed by atoms with Gasteiger partial charge in [-0.05, 0) is 53.1 Å². The highest BCUT2D eigenvalue weighted by molar-refractivity contribution is 5.72. The molecule has 0 amide bonds. The predicted octanol–water partition coefficient (Wildman–Crippen LogP) is 4.41. The second kappa shape index (κ2) is 6.26. The minimum Gasteiger partial charge on any atom is -0.320 e. The third kappa shape index (κ3) is 2.92. The Hall–Kier alpha value is -2.98. The predicted molar refractivity (Wildman–Crippen MR) is 94.6 cm³/mol. The van der Waals surface area contributed by atoms with Crippen LogP contribution < -0.4 is 10.9 Å². The molecule has 2 heterocycles. The summed E-state index contributed by atoms with van der Waals surface area (Å²) in [4.78, 5) is 4.02. The number of rotatable bonds is 3. The van der Waals surface area contributed by atoms with Crippen molar-refractivity contribution in [2.75, 3.05) is 5.43 Å². The third-order valence-corrected chi connectivity index (χ3v) is 4.12. The number of halogens is 1. The number of hydrazine groups is 1. The normalized spacial score (nSPS) is 16.1. The Labute approximate surface area is 139 Å². The fraction of sp³-hybridized carbons (Fsp3) is 0.0500. The maximum atomic E-state index is 13.1. The lowest BCUT2D eigenvalue weighted by Crippen LogP contribution is -2.19. The summed E-state index contributed by atoms with van der Waals surface area (Å²) in [5.74, 6) is -0.223. The van der Waals surface area contributed by atoms with Crippen molar-refractivity contribution in [3.8, 4) is 0 Å². The standard InChI is InChI=1S/C20H16FN3/c21-17-6-4-16(5-7-17)20-18-13-15(3-8-19(18)23-24-20)2-1-14-9-11-22-12-10-14/h1-13,20,23-24H/b2-1+. The Kier molecular flexibility index (Phi) is 3.81. The highest BCUT2D eigenvalue weighted by atomic mass is 19.1. The molecule has 1 aliphatic rings. The molecule has 0 bridgehead atoms. The summed E-state index contributed by atoms with van der Waals surface area (Å²) in [5, 5.41) is 0. The SMILES string of the molecule is Fc1ccc(C2NNc3ccc(/C=C/c4ccncc4)cc32)cc1. The summed E-state index contributed by atoms with van der Waals surface area (Å²) in [6.07, 6.45) is 7.70. The van der Waals surface area contributed by atoms with Crippen molar-refractivity contribution >= 4 is 17.8 Å². The van der Waals surface area contributed by atoms with Crippen molar-refractivity contribution in [1.29, 1.82) is 0 Å². The van der Waals surface area contributed by atoms with E-state index in [2.05, 4.69) is 46.2 Å².